The fraction of sp³-hybridized carbons (Fsp3) is 1.00. The summed E-state index contributed by atoms with van der Waals surface area (Å²) in [4.78, 5) is 0. The van der Waals surface area contributed by atoms with Crippen molar-refractivity contribution in [1.29, 1.82) is 0 Å². The molecule has 10 unspecified atom stereocenters. The summed E-state index contributed by atoms with van der Waals surface area (Å²) in [5.41, 5.74) is 0. The molecule has 2 rings (SSSR count). The third-order valence-electron chi connectivity index (χ3n) is 4.38. The van der Waals surface area contributed by atoms with Crippen molar-refractivity contribution in [2.75, 3.05) is 27.4 Å². The number of aliphatic hydroxyl groups excluding tert-OH is 6. The van der Waals surface area contributed by atoms with Crippen molar-refractivity contribution >= 4 is 0 Å². The maximum atomic E-state index is 10.3. The van der Waals surface area contributed by atoms with Gasteiger partial charge in [0.05, 0.1) is 13.2 Å². The third kappa shape index (κ3) is 4.28. The van der Waals surface area contributed by atoms with Gasteiger partial charge in [-0.15, -0.1) is 0 Å². The Kier molecular flexibility index (Phi) is 7.49. The lowest BCUT2D eigenvalue weighted by atomic mass is 9.97. The van der Waals surface area contributed by atoms with Gasteiger partial charge in [0.25, 0.3) is 0 Å². The molecule has 2 heterocycles. The molecule has 10 atom stereocenters. The van der Waals surface area contributed by atoms with Gasteiger partial charge in [-0.3, -0.25) is 0 Å². The molecule has 148 valence electrons. The highest BCUT2D eigenvalue weighted by atomic mass is 16.7. The van der Waals surface area contributed by atoms with E-state index >= 15 is 0 Å². The Morgan fingerprint density at radius 1 is 0.800 bits per heavy atom. The Labute approximate surface area is 144 Å². The van der Waals surface area contributed by atoms with Crippen molar-refractivity contribution in [1.82, 2.24) is 0 Å². The topological polar surface area (TPSA) is 168 Å². The highest BCUT2D eigenvalue weighted by Crippen LogP contribution is 2.29. The van der Waals surface area contributed by atoms with Crippen LogP contribution in [0.15, 0.2) is 0 Å². The Hall–Kier alpha value is -0.440. The van der Waals surface area contributed by atoms with Crippen molar-refractivity contribution in [3.63, 3.8) is 0 Å². The lowest BCUT2D eigenvalue weighted by molar-refractivity contribution is -0.357. The summed E-state index contributed by atoms with van der Waals surface area (Å²) >= 11 is 0. The fourth-order valence-corrected chi connectivity index (χ4v) is 2.97. The lowest BCUT2D eigenvalue weighted by Crippen LogP contribution is -2.64. The summed E-state index contributed by atoms with van der Waals surface area (Å²) in [6.07, 6.45) is -13.4. The normalized spacial score (nSPS) is 48.5. The minimum Gasteiger partial charge on any atom is -0.394 e. The molecule has 11 heteroatoms. The highest BCUT2D eigenvalue weighted by molar-refractivity contribution is 4.94. The van der Waals surface area contributed by atoms with E-state index in [4.69, 9.17) is 23.7 Å². The van der Waals surface area contributed by atoms with Gasteiger partial charge < -0.3 is 54.3 Å². The third-order valence-corrected chi connectivity index (χ3v) is 4.38. The minimum absolute atomic E-state index is 0.0721. The standard InChI is InChI=1S/C14H26O11/c1-21-4-6-7(16)8(17)9(18)14(24-6)25-11-5(3-15)23-13(20)12(22-2)10(11)19/h5-20H,3-4H2,1-2H3. The van der Waals surface area contributed by atoms with E-state index in [2.05, 4.69) is 0 Å². The van der Waals surface area contributed by atoms with Gasteiger partial charge in [0.1, 0.15) is 48.8 Å². The van der Waals surface area contributed by atoms with Gasteiger partial charge in [-0.2, -0.15) is 0 Å². The second kappa shape index (κ2) is 8.97. The molecule has 0 spiro atoms. The van der Waals surface area contributed by atoms with E-state index in [0.29, 0.717) is 0 Å². The van der Waals surface area contributed by atoms with Gasteiger partial charge in [-0.05, 0) is 0 Å². The van der Waals surface area contributed by atoms with Crippen LogP contribution in [0, 0.1) is 0 Å². The van der Waals surface area contributed by atoms with Crippen LogP contribution in [-0.2, 0) is 23.7 Å². The van der Waals surface area contributed by atoms with E-state index in [1.54, 1.807) is 0 Å². The number of methoxy groups -OCH3 is 2. The van der Waals surface area contributed by atoms with E-state index in [9.17, 15) is 30.6 Å². The average Bonchev–Trinajstić information content (AvgIpc) is 2.59. The zero-order chi connectivity index (χ0) is 18.7. The fourth-order valence-electron chi connectivity index (χ4n) is 2.97. The van der Waals surface area contributed by atoms with Crippen LogP contribution in [0.3, 0.4) is 0 Å². The molecule has 0 aromatic rings. The number of ether oxygens (including phenoxy) is 5. The largest absolute Gasteiger partial charge is 0.394 e. The molecule has 2 fully saturated rings. The Bertz CT molecular complexity index is 410. The van der Waals surface area contributed by atoms with Crippen LogP contribution in [0.25, 0.3) is 0 Å². The first-order valence-electron chi connectivity index (χ1n) is 7.85. The summed E-state index contributed by atoms with van der Waals surface area (Å²) in [6, 6.07) is 0. The van der Waals surface area contributed by atoms with E-state index in [1.165, 1.54) is 14.2 Å². The molecule has 0 radical (unpaired) electrons. The van der Waals surface area contributed by atoms with Crippen LogP contribution in [0.2, 0.25) is 0 Å². The zero-order valence-electron chi connectivity index (χ0n) is 13.9. The van der Waals surface area contributed by atoms with E-state index < -0.39 is 68.0 Å². The highest BCUT2D eigenvalue weighted by Gasteiger charge is 2.50. The van der Waals surface area contributed by atoms with Gasteiger partial charge in [0, 0.05) is 14.2 Å². The second-order valence-electron chi connectivity index (χ2n) is 6.01. The van der Waals surface area contributed by atoms with Crippen LogP contribution in [-0.4, -0.2) is 119 Å². The molecule has 25 heavy (non-hydrogen) atoms. The quantitative estimate of drug-likeness (QED) is 0.269. The summed E-state index contributed by atoms with van der Waals surface area (Å²) < 4.78 is 25.9. The molecule has 0 aliphatic carbocycles. The van der Waals surface area contributed by atoms with Gasteiger partial charge in [0.15, 0.2) is 12.6 Å². The molecule has 11 nitrogen and oxygen atoms in total. The SMILES string of the molecule is COCC1OC(OC2C(CO)OC(O)C(OC)C2O)C(O)C(O)C1O. The van der Waals surface area contributed by atoms with Gasteiger partial charge >= 0.3 is 0 Å². The summed E-state index contributed by atoms with van der Waals surface area (Å²) in [5, 5.41) is 59.4. The Morgan fingerprint density at radius 2 is 1.48 bits per heavy atom. The predicted octanol–water partition coefficient (Wildman–Crippen LogP) is -4.09. The summed E-state index contributed by atoms with van der Waals surface area (Å²) in [6.45, 7) is -0.665. The maximum Gasteiger partial charge on any atom is 0.187 e. The molecule has 0 amide bonds. The molecule has 0 aromatic carbocycles. The summed E-state index contributed by atoms with van der Waals surface area (Å²) in [5.74, 6) is 0. The van der Waals surface area contributed by atoms with Crippen molar-refractivity contribution < 1.29 is 54.3 Å². The van der Waals surface area contributed by atoms with Crippen molar-refractivity contribution in [2.45, 2.75) is 61.4 Å². The predicted molar refractivity (Wildman–Crippen MR) is 78.2 cm³/mol. The van der Waals surface area contributed by atoms with Gasteiger partial charge in [-0.25, -0.2) is 0 Å². The lowest BCUT2D eigenvalue weighted by Gasteiger charge is -2.45. The first-order valence-corrected chi connectivity index (χ1v) is 7.85. The van der Waals surface area contributed by atoms with Crippen molar-refractivity contribution in [3.05, 3.63) is 0 Å². The Balaban J connectivity index is 2.13. The first kappa shape index (κ1) is 20.9. The molecular weight excluding hydrogens is 344 g/mol. The van der Waals surface area contributed by atoms with Gasteiger partial charge in [-0.1, -0.05) is 0 Å². The molecule has 2 aliphatic rings. The van der Waals surface area contributed by atoms with Crippen molar-refractivity contribution in [2.24, 2.45) is 0 Å². The monoisotopic (exact) mass is 370 g/mol. The van der Waals surface area contributed by atoms with E-state index in [0.717, 1.165) is 0 Å². The zero-order valence-corrected chi connectivity index (χ0v) is 13.9. The number of rotatable bonds is 6. The molecule has 2 aliphatic heterocycles. The van der Waals surface area contributed by atoms with Crippen LogP contribution in [0.5, 0.6) is 0 Å². The van der Waals surface area contributed by atoms with E-state index in [-0.39, 0.29) is 6.61 Å². The summed E-state index contributed by atoms with van der Waals surface area (Å²) in [7, 11) is 2.62. The number of hydrogen-bond donors (Lipinski definition) is 6. The first-order chi connectivity index (χ1) is 11.8. The van der Waals surface area contributed by atoms with Crippen LogP contribution < -0.4 is 0 Å². The molecule has 0 saturated carbocycles. The Morgan fingerprint density at radius 3 is 2.04 bits per heavy atom. The molecule has 2 saturated heterocycles. The maximum absolute atomic E-state index is 10.3. The minimum atomic E-state index is -1.62. The van der Waals surface area contributed by atoms with Crippen LogP contribution in [0.1, 0.15) is 0 Å². The van der Waals surface area contributed by atoms with Crippen LogP contribution in [0.4, 0.5) is 0 Å². The average molecular weight is 370 g/mol. The smallest absolute Gasteiger partial charge is 0.187 e. The molecule has 0 aromatic heterocycles. The molecule has 0 bridgehead atoms. The van der Waals surface area contributed by atoms with Gasteiger partial charge in [0.2, 0.25) is 0 Å². The van der Waals surface area contributed by atoms with E-state index in [1.807, 2.05) is 0 Å². The second-order valence-corrected chi connectivity index (χ2v) is 6.01. The number of aliphatic hydroxyl groups is 6. The van der Waals surface area contributed by atoms with Crippen LogP contribution >= 0.6 is 0 Å². The van der Waals surface area contributed by atoms with Crippen molar-refractivity contribution in [3.8, 4) is 0 Å². The molecular formula is C14H26O11. The number of hydrogen-bond acceptors (Lipinski definition) is 11. The molecule has 6 N–H and O–H groups in total.